The standard InChI is InChI=1S/C13H29NS/c1-5-8-13(3,9-7-11-15-4)12-14-10-6-2/h14H,5-12H2,1-4H3. The van der Waals surface area contributed by atoms with Crippen LogP contribution in [-0.2, 0) is 0 Å². The van der Waals surface area contributed by atoms with Crippen LogP contribution in [0.2, 0.25) is 0 Å². The van der Waals surface area contributed by atoms with Crippen molar-refractivity contribution < 1.29 is 0 Å². The average Bonchev–Trinajstić information content (AvgIpc) is 2.19. The van der Waals surface area contributed by atoms with Crippen LogP contribution >= 0.6 is 11.8 Å². The molecule has 0 radical (unpaired) electrons. The van der Waals surface area contributed by atoms with Crippen molar-refractivity contribution in [3.05, 3.63) is 0 Å². The van der Waals surface area contributed by atoms with E-state index in [4.69, 9.17) is 0 Å². The molecule has 1 unspecified atom stereocenters. The smallest absolute Gasteiger partial charge is 0.000516 e. The maximum Gasteiger partial charge on any atom is 0.000516 e. The molecule has 0 amide bonds. The summed E-state index contributed by atoms with van der Waals surface area (Å²) in [6.07, 6.45) is 8.85. The second kappa shape index (κ2) is 9.53. The molecule has 0 aromatic carbocycles. The third-order valence-corrected chi connectivity index (χ3v) is 3.66. The summed E-state index contributed by atoms with van der Waals surface area (Å²) in [6, 6.07) is 0. The maximum atomic E-state index is 3.58. The molecule has 0 aliphatic rings. The van der Waals surface area contributed by atoms with E-state index in [1.54, 1.807) is 0 Å². The number of hydrogen-bond donors (Lipinski definition) is 1. The molecule has 0 fully saturated rings. The van der Waals surface area contributed by atoms with Crippen LogP contribution in [0.3, 0.4) is 0 Å². The fraction of sp³-hybridized carbons (Fsp3) is 1.00. The van der Waals surface area contributed by atoms with Gasteiger partial charge >= 0.3 is 0 Å². The fourth-order valence-corrected chi connectivity index (χ4v) is 2.55. The fourth-order valence-electron chi connectivity index (χ4n) is 2.12. The second-order valence-electron chi connectivity index (χ2n) is 4.83. The summed E-state index contributed by atoms with van der Waals surface area (Å²) < 4.78 is 0. The summed E-state index contributed by atoms with van der Waals surface area (Å²) in [7, 11) is 0. The van der Waals surface area contributed by atoms with Gasteiger partial charge in [0.15, 0.2) is 0 Å². The minimum absolute atomic E-state index is 0.527. The number of rotatable bonds is 10. The molecule has 0 rings (SSSR count). The summed E-state index contributed by atoms with van der Waals surface area (Å²) in [5.41, 5.74) is 0.527. The Morgan fingerprint density at radius 1 is 1.13 bits per heavy atom. The first-order valence-corrected chi connectivity index (χ1v) is 7.77. The molecule has 0 bridgehead atoms. The van der Waals surface area contributed by atoms with Crippen molar-refractivity contribution in [2.24, 2.45) is 5.41 Å². The highest BCUT2D eigenvalue weighted by Gasteiger charge is 2.21. The molecule has 0 saturated carbocycles. The van der Waals surface area contributed by atoms with Crippen molar-refractivity contribution in [2.75, 3.05) is 25.1 Å². The van der Waals surface area contributed by atoms with Gasteiger partial charge in [0, 0.05) is 6.54 Å². The van der Waals surface area contributed by atoms with Crippen LogP contribution in [-0.4, -0.2) is 25.1 Å². The van der Waals surface area contributed by atoms with Crippen LogP contribution in [0.5, 0.6) is 0 Å². The summed E-state index contributed by atoms with van der Waals surface area (Å²) in [6.45, 7) is 9.34. The van der Waals surface area contributed by atoms with E-state index in [0.717, 1.165) is 0 Å². The summed E-state index contributed by atoms with van der Waals surface area (Å²) in [5, 5.41) is 3.58. The van der Waals surface area contributed by atoms with Crippen LogP contribution in [0.15, 0.2) is 0 Å². The van der Waals surface area contributed by atoms with Gasteiger partial charge in [-0.25, -0.2) is 0 Å². The van der Waals surface area contributed by atoms with Gasteiger partial charge in [-0.05, 0) is 49.7 Å². The molecule has 0 aromatic heterocycles. The number of nitrogens with one attached hydrogen (secondary N) is 1. The van der Waals surface area contributed by atoms with E-state index in [-0.39, 0.29) is 0 Å². The normalized spacial score (nSPS) is 15.2. The molecular weight excluding hydrogens is 202 g/mol. The van der Waals surface area contributed by atoms with Crippen LogP contribution < -0.4 is 5.32 Å². The quantitative estimate of drug-likeness (QED) is 0.572. The van der Waals surface area contributed by atoms with E-state index < -0.39 is 0 Å². The Balaban J connectivity index is 3.83. The van der Waals surface area contributed by atoms with E-state index in [0.29, 0.717) is 5.41 Å². The maximum absolute atomic E-state index is 3.58. The van der Waals surface area contributed by atoms with Crippen LogP contribution in [0.1, 0.15) is 52.9 Å². The Kier molecular flexibility index (Phi) is 9.73. The first kappa shape index (κ1) is 15.3. The van der Waals surface area contributed by atoms with Crippen molar-refractivity contribution in [1.82, 2.24) is 5.32 Å². The number of thioether (sulfide) groups is 1. The summed E-state index contributed by atoms with van der Waals surface area (Å²) in [4.78, 5) is 0. The Morgan fingerprint density at radius 2 is 1.87 bits per heavy atom. The lowest BCUT2D eigenvalue weighted by molar-refractivity contribution is 0.254. The molecule has 0 aliphatic heterocycles. The molecule has 0 aromatic rings. The molecule has 92 valence electrons. The lowest BCUT2D eigenvalue weighted by Gasteiger charge is -2.29. The van der Waals surface area contributed by atoms with Gasteiger partial charge in [-0.2, -0.15) is 11.8 Å². The highest BCUT2D eigenvalue weighted by molar-refractivity contribution is 7.98. The summed E-state index contributed by atoms with van der Waals surface area (Å²) in [5.74, 6) is 1.31. The monoisotopic (exact) mass is 231 g/mol. The second-order valence-corrected chi connectivity index (χ2v) is 5.82. The SMILES string of the molecule is CCCNCC(C)(CCC)CCCSC. The van der Waals surface area contributed by atoms with E-state index in [1.807, 2.05) is 11.8 Å². The minimum Gasteiger partial charge on any atom is -0.316 e. The largest absolute Gasteiger partial charge is 0.316 e. The highest BCUT2D eigenvalue weighted by atomic mass is 32.2. The zero-order valence-corrected chi connectivity index (χ0v) is 11.9. The first-order valence-electron chi connectivity index (χ1n) is 6.38. The van der Waals surface area contributed by atoms with Gasteiger partial charge < -0.3 is 5.32 Å². The van der Waals surface area contributed by atoms with Crippen LogP contribution in [0.25, 0.3) is 0 Å². The predicted molar refractivity (Wildman–Crippen MR) is 73.8 cm³/mol. The molecular formula is C13H29NS. The van der Waals surface area contributed by atoms with Gasteiger partial charge in [0.25, 0.3) is 0 Å². The molecule has 1 atom stereocenters. The van der Waals surface area contributed by atoms with E-state index >= 15 is 0 Å². The van der Waals surface area contributed by atoms with Crippen LogP contribution in [0.4, 0.5) is 0 Å². The number of hydrogen-bond acceptors (Lipinski definition) is 2. The molecule has 15 heavy (non-hydrogen) atoms. The zero-order chi connectivity index (χ0) is 11.6. The highest BCUT2D eigenvalue weighted by Crippen LogP contribution is 2.28. The summed E-state index contributed by atoms with van der Waals surface area (Å²) >= 11 is 1.97. The average molecular weight is 231 g/mol. The van der Waals surface area contributed by atoms with Gasteiger partial charge in [0.05, 0.1) is 0 Å². The third kappa shape index (κ3) is 8.15. The lowest BCUT2D eigenvalue weighted by Crippen LogP contribution is -2.32. The van der Waals surface area contributed by atoms with Gasteiger partial charge in [0.1, 0.15) is 0 Å². The molecule has 1 nitrogen and oxygen atoms in total. The molecule has 1 N–H and O–H groups in total. The Hall–Kier alpha value is 0.310. The molecule has 0 saturated heterocycles. The van der Waals surface area contributed by atoms with Crippen molar-refractivity contribution in [3.63, 3.8) is 0 Å². The van der Waals surface area contributed by atoms with Gasteiger partial charge in [-0.3, -0.25) is 0 Å². The minimum atomic E-state index is 0.527. The van der Waals surface area contributed by atoms with Gasteiger partial charge in [-0.15, -0.1) is 0 Å². The van der Waals surface area contributed by atoms with Crippen LogP contribution in [0, 0.1) is 5.41 Å². The molecule has 0 heterocycles. The Morgan fingerprint density at radius 3 is 2.40 bits per heavy atom. The van der Waals surface area contributed by atoms with Crippen molar-refractivity contribution in [3.8, 4) is 0 Å². The van der Waals surface area contributed by atoms with Crippen molar-refractivity contribution in [2.45, 2.75) is 52.9 Å². The Labute approximate surface area is 101 Å². The lowest BCUT2D eigenvalue weighted by atomic mass is 9.81. The van der Waals surface area contributed by atoms with E-state index in [9.17, 15) is 0 Å². The van der Waals surface area contributed by atoms with E-state index in [1.165, 1.54) is 50.9 Å². The third-order valence-electron chi connectivity index (χ3n) is 2.96. The molecule has 0 spiro atoms. The van der Waals surface area contributed by atoms with Gasteiger partial charge in [0.2, 0.25) is 0 Å². The first-order chi connectivity index (χ1) is 7.18. The van der Waals surface area contributed by atoms with Crippen molar-refractivity contribution in [1.29, 1.82) is 0 Å². The molecule has 2 heteroatoms. The van der Waals surface area contributed by atoms with E-state index in [2.05, 4.69) is 32.3 Å². The zero-order valence-electron chi connectivity index (χ0n) is 11.1. The van der Waals surface area contributed by atoms with Gasteiger partial charge in [-0.1, -0.05) is 27.2 Å². The molecule has 0 aliphatic carbocycles. The predicted octanol–water partition coefficient (Wildman–Crippen LogP) is 3.94. The topological polar surface area (TPSA) is 12.0 Å². The Bertz CT molecular complexity index is 126. The van der Waals surface area contributed by atoms with Crippen molar-refractivity contribution >= 4 is 11.8 Å².